The summed E-state index contributed by atoms with van der Waals surface area (Å²) in [6.45, 7) is 7.46. The Bertz CT molecular complexity index is 547. The van der Waals surface area contributed by atoms with Crippen LogP contribution in [0.4, 0.5) is 0 Å². The molecule has 3 fully saturated rings. The molecule has 140 valence electrons. The zero-order valence-corrected chi connectivity index (χ0v) is 16.5. The quantitative estimate of drug-likeness (QED) is 0.771. The molecule has 2 saturated heterocycles. The van der Waals surface area contributed by atoms with Crippen molar-refractivity contribution in [2.24, 2.45) is 5.92 Å². The van der Waals surface area contributed by atoms with Gasteiger partial charge in [0.1, 0.15) is 6.04 Å². The Morgan fingerprint density at radius 2 is 1.88 bits per heavy atom. The van der Waals surface area contributed by atoms with Crippen molar-refractivity contribution in [3.8, 4) is 6.07 Å². The number of nitrogens with zero attached hydrogens (tertiary/aromatic N) is 4. The highest BCUT2D eigenvalue weighted by atomic mass is 16.2. The maximum Gasteiger partial charge on any atom is 0.241 e. The van der Waals surface area contributed by atoms with E-state index in [1.54, 1.807) is 0 Å². The predicted molar refractivity (Wildman–Crippen MR) is 98.9 cm³/mol. The third kappa shape index (κ3) is 3.44. The number of hydrogen-bond donors (Lipinski definition) is 0. The maximum absolute atomic E-state index is 13.4. The molecule has 0 bridgehead atoms. The minimum absolute atomic E-state index is 0.0319. The lowest BCUT2D eigenvalue weighted by molar-refractivity contribution is -0.138. The molecule has 1 amide bonds. The topological polar surface area (TPSA) is 50.6 Å². The second-order valence-corrected chi connectivity index (χ2v) is 9.41. The van der Waals surface area contributed by atoms with Crippen molar-refractivity contribution in [1.82, 2.24) is 14.7 Å². The molecular weight excluding hydrogens is 312 g/mol. The third-order valence-electron chi connectivity index (χ3n) is 6.62. The number of carbonyl (C=O) groups is 1. The van der Waals surface area contributed by atoms with Crippen molar-refractivity contribution < 1.29 is 4.79 Å². The smallest absolute Gasteiger partial charge is 0.241 e. The lowest BCUT2D eigenvalue weighted by Gasteiger charge is -2.45. The molecule has 0 radical (unpaired) electrons. The molecule has 1 saturated carbocycles. The first-order valence-corrected chi connectivity index (χ1v) is 9.89. The van der Waals surface area contributed by atoms with E-state index in [2.05, 4.69) is 50.7 Å². The van der Waals surface area contributed by atoms with Gasteiger partial charge in [0.15, 0.2) is 0 Å². The van der Waals surface area contributed by atoms with Crippen LogP contribution in [0.2, 0.25) is 0 Å². The molecule has 0 N–H and O–H groups in total. The zero-order chi connectivity index (χ0) is 18.4. The molecule has 2 aliphatic heterocycles. The van der Waals surface area contributed by atoms with Crippen molar-refractivity contribution in [3.63, 3.8) is 0 Å². The molecule has 2 heterocycles. The lowest BCUT2D eigenvalue weighted by Crippen LogP contribution is -2.57. The summed E-state index contributed by atoms with van der Waals surface area (Å²) in [5, 5.41) is 9.39. The van der Waals surface area contributed by atoms with Crippen LogP contribution >= 0.6 is 0 Å². The van der Waals surface area contributed by atoms with Crippen molar-refractivity contribution in [2.75, 3.05) is 20.6 Å². The summed E-state index contributed by atoms with van der Waals surface area (Å²) in [6, 6.07) is 3.16. The standard InChI is InChI=1S/C20H34N4O/c1-20(2,3)24-17-12-15(22(4)5)9-8-14(17)11-18(24)19(25)23-10-6-7-16(23)13-21/h14-18H,6-12H2,1-5H3/t14-,15?,16-,17-,18-/m0/s1. The average Bonchev–Trinajstić information content (AvgIpc) is 3.16. The van der Waals surface area contributed by atoms with E-state index in [9.17, 15) is 10.1 Å². The minimum atomic E-state index is -0.216. The third-order valence-corrected chi connectivity index (χ3v) is 6.62. The Morgan fingerprint density at radius 3 is 2.48 bits per heavy atom. The van der Waals surface area contributed by atoms with Gasteiger partial charge >= 0.3 is 0 Å². The summed E-state index contributed by atoms with van der Waals surface area (Å²) in [5.74, 6) is 0.822. The molecule has 25 heavy (non-hydrogen) atoms. The van der Waals surface area contributed by atoms with Gasteiger partial charge in [-0.25, -0.2) is 0 Å². The molecule has 0 aromatic heterocycles. The molecule has 5 heteroatoms. The van der Waals surface area contributed by atoms with Gasteiger partial charge in [0, 0.05) is 24.2 Å². The fourth-order valence-corrected chi connectivity index (χ4v) is 5.44. The van der Waals surface area contributed by atoms with E-state index < -0.39 is 0 Å². The summed E-state index contributed by atoms with van der Waals surface area (Å²) < 4.78 is 0. The van der Waals surface area contributed by atoms with E-state index >= 15 is 0 Å². The summed E-state index contributed by atoms with van der Waals surface area (Å²) in [5.41, 5.74) is -0.0319. The molecule has 0 aromatic rings. The van der Waals surface area contributed by atoms with Crippen LogP contribution in [0.5, 0.6) is 0 Å². The van der Waals surface area contributed by atoms with Gasteiger partial charge in [0.25, 0.3) is 0 Å². The van der Waals surface area contributed by atoms with Gasteiger partial charge in [-0.1, -0.05) is 0 Å². The van der Waals surface area contributed by atoms with E-state index in [-0.39, 0.29) is 23.5 Å². The molecule has 5 nitrogen and oxygen atoms in total. The number of hydrogen-bond acceptors (Lipinski definition) is 4. The predicted octanol–water partition coefficient (Wildman–Crippen LogP) is 2.47. The van der Waals surface area contributed by atoms with Crippen LogP contribution in [0.25, 0.3) is 0 Å². The molecule has 0 spiro atoms. The highest BCUT2D eigenvalue weighted by Crippen LogP contribution is 2.44. The van der Waals surface area contributed by atoms with Gasteiger partial charge in [0.05, 0.1) is 12.1 Å². The Labute approximate surface area is 152 Å². The summed E-state index contributed by atoms with van der Waals surface area (Å²) in [4.78, 5) is 20.1. The number of rotatable bonds is 2. The van der Waals surface area contributed by atoms with Crippen LogP contribution in [0.15, 0.2) is 0 Å². The normalized spacial score (nSPS) is 36.5. The fraction of sp³-hybridized carbons (Fsp3) is 0.900. The first-order valence-electron chi connectivity index (χ1n) is 9.89. The van der Waals surface area contributed by atoms with Crippen LogP contribution < -0.4 is 0 Å². The van der Waals surface area contributed by atoms with Crippen LogP contribution in [0.3, 0.4) is 0 Å². The SMILES string of the molecule is CN(C)C1CC[C@H]2C[C@@H](C(=O)N3CCC[C@H]3C#N)N(C(C)(C)C)[C@H]2C1. The van der Waals surface area contributed by atoms with Crippen molar-refractivity contribution in [1.29, 1.82) is 5.26 Å². The Hall–Kier alpha value is -1.12. The molecular formula is C20H34N4O. The molecule has 5 atom stereocenters. The van der Waals surface area contributed by atoms with Crippen LogP contribution in [-0.4, -0.2) is 71.0 Å². The first-order chi connectivity index (χ1) is 11.7. The fourth-order valence-electron chi connectivity index (χ4n) is 5.44. The van der Waals surface area contributed by atoms with Gasteiger partial charge in [-0.2, -0.15) is 5.26 Å². The lowest BCUT2D eigenvalue weighted by atomic mass is 9.81. The molecule has 3 rings (SSSR count). The van der Waals surface area contributed by atoms with Crippen LogP contribution in [-0.2, 0) is 4.79 Å². The van der Waals surface area contributed by atoms with E-state index in [0.29, 0.717) is 18.0 Å². The summed E-state index contributed by atoms with van der Waals surface area (Å²) in [6.07, 6.45) is 6.36. The van der Waals surface area contributed by atoms with Gasteiger partial charge in [-0.05, 0) is 79.3 Å². The highest BCUT2D eigenvalue weighted by molar-refractivity contribution is 5.83. The summed E-state index contributed by atoms with van der Waals surface area (Å²) in [7, 11) is 4.34. The Kier molecular flexibility index (Phi) is 5.14. The van der Waals surface area contributed by atoms with Crippen molar-refractivity contribution in [3.05, 3.63) is 0 Å². The number of fused-ring (bicyclic) bond motifs is 1. The highest BCUT2D eigenvalue weighted by Gasteiger charge is 2.52. The number of carbonyl (C=O) groups excluding carboxylic acids is 1. The first kappa shape index (κ1) is 18.7. The van der Waals surface area contributed by atoms with Gasteiger partial charge in [0.2, 0.25) is 5.91 Å². The zero-order valence-electron chi connectivity index (χ0n) is 16.5. The van der Waals surface area contributed by atoms with E-state index in [1.165, 1.54) is 12.8 Å². The van der Waals surface area contributed by atoms with Crippen molar-refractivity contribution in [2.45, 2.75) is 89.0 Å². The monoisotopic (exact) mass is 346 g/mol. The number of nitriles is 1. The number of likely N-dealkylation sites (tertiary alicyclic amines) is 2. The van der Waals surface area contributed by atoms with E-state index in [1.807, 2.05) is 4.90 Å². The number of amides is 1. The van der Waals surface area contributed by atoms with E-state index in [4.69, 9.17) is 0 Å². The van der Waals surface area contributed by atoms with Gasteiger partial charge in [-0.15, -0.1) is 0 Å². The maximum atomic E-state index is 13.4. The largest absolute Gasteiger partial charge is 0.325 e. The Morgan fingerprint density at radius 1 is 1.16 bits per heavy atom. The second kappa shape index (κ2) is 6.89. The molecule has 1 aliphatic carbocycles. The second-order valence-electron chi connectivity index (χ2n) is 9.41. The van der Waals surface area contributed by atoms with Gasteiger partial charge < -0.3 is 9.80 Å². The van der Waals surface area contributed by atoms with E-state index in [0.717, 1.165) is 32.2 Å². The molecule has 1 unspecified atom stereocenters. The Balaban J connectivity index is 1.84. The van der Waals surface area contributed by atoms with Crippen LogP contribution in [0, 0.1) is 17.2 Å². The van der Waals surface area contributed by atoms with Crippen molar-refractivity contribution >= 4 is 5.91 Å². The average molecular weight is 347 g/mol. The molecule has 3 aliphatic rings. The van der Waals surface area contributed by atoms with Gasteiger partial charge in [-0.3, -0.25) is 9.69 Å². The summed E-state index contributed by atoms with van der Waals surface area (Å²) >= 11 is 0. The minimum Gasteiger partial charge on any atom is -0.325 e. The van der Waals surface area contributed by atoms with Crippen LogP contribution in [0.1, 0.15) is 59.3 Å². The molecule has 0 aromatic carbocycles.